The van der Waals surface area contributed by atoms with Crippen molar-refractivity contribution in [3.05, 3.63) is 12.4 Å². The van der Waals surface area contributed by atoms with Crippen molar-refractivity contribution in [2.45, 2.75) is 12.3 Å². The van der Waals surface area contributed by atoms with Crippen LogP contribution in [0.25, 0.3) is 0 Å². The second kappa shape index (κ2) is 5.08. The van der Waals surface area contributed by atoms with E-state index in [9.17, 15) is 22.0 Å². The average Bonchev–Trinajstić information content (AvgIpc) is 2.64. The van der Waals surface area contributed by atoms with Crippen molar-refractivity contribution in [1.29, 1.82) is 0 Å². The van der Waals surface area contributed by atoms with Gasteiger partial charge in [0.25, 0.3) is 10.0 Å². The first kappa shape index (κ1) is 13.4. The molecule has 96 valence electrons. The SMILES string of the molecule is COC(=O)Cn1cc(NS(=O)(=O)C(F)F)cn1. The van der Waals surface area contributed by atoms with Crippen molar-refractivity contribution >= 4 is 21.7 Å². The molecule has 1 aromatic heterocycles. The zero-order valence-corrected chi connectivity index (χ0v) is 9.45. The molecule has 17 heavy (non-hydrogen) atoms. The molecule has 0 aliphatic rings. The van der Waals surface area contributed by atoms with E-state index < -0.39 is 21.8 Å². The molecule has 0 spiro atoms. The molecule has 7 nitrogen and oxygen atoms in total. The van der Waals surface area contributed by atoms with E-state index in [1.807, 2.05) is 0 Å². The number of rotatable bonds is 5. The summed E-state index contributed by atoms with van der Waals surface area (Å²) in [6.07, 6.45) is 2.10. The highest BCUT2D eigenvalue weighted by Crippen LogP contribution is 2.12. The predicted octanol–water partition coefficient (Wildman–Crippen LogP) is 0.0204. The second-order valence-corrected chi connectivity index (χ2v) is 4.56. The molecule has 1 N–H and O–H groups in total. The molecule has 1 aromatic rings. The zero-order valence-electron chi connectivity index (χ0n) is 8.63. The standard InChI is InChI=1S/C7H9F2N3O4S/c1-16-6(13)4-12-3-5(2-10-12)11-17(14,15)7(8)9/h2-3,7,11H,4H2,1H3. The summed E-state index contributed by atoms with van der Waals surface area (Å²) in [7, 11) is -3.55. The Hall–Kier alpha value is -1.71. The van der Waals surface area contributed by atoms with E-state index in [4.69, 9.17) is 0 Å². The van der Waals surface area contributed by atoms with Crippen molar-refractivity contribution in [3.8, 4) is 0 Å². The van der Waals surface area contributed by atoms with Gasteiger partial charge in [-0.3, -0.25) is 14.2 Å². The lowest BCUT2D eigenvalue weighted by Crippen LogP contribution is -2.20. The number of ether oxygens (including phenoxy) is 1. The van der Waals surface area contributed by atoms with Gasteiger partial charge in [0.15, 0.2) is 0 Å². The van der Waals surface area contributed by atoms with E-state index in [2.05, 4.69) is 9.84 Å². The fourth-order valence-electron chi connectivity index (χ4n) is 0.908. The number of carbonyl (C=O) groups excluding carboxylic acids is 1. The number of carbonyl (C=O) groups is 1. The molecule has 0 aliphatic carbocycles. The van der Waals surface area contributed by atoms with Crippen LogP contribution in [0, 0.1) is 0 Å². The smallest absolute Gasteiger partial charge is 0.355 e. The van der Waals surface area contributed by atoms with Crippen molar-refractivity contribution < 1.29 is 26.7 Å². The zero-order chi connectivity index (χ0) is 13.1. The largest absolute Gasteiger partial charge is 0.468 e. The van der Waals surface area contributed by atoms with Crippen molar-refractivity contribution in [1.82, 2.24) is 9.78 Å². The van der Waals surface area contributed by atoms with Gasteiger partial charge in [-0.2, -0.15) is 13.9 Å². The summed E-state index contributed by atoms with van der Waals surface area (Å²) in [6, 6.07) is 0. The maximum atomic E-state index is 12.0. The van der Waals surface area contributed by atoms with Crippen molar-refractivity contribution in [2.75, 3.05) is 11.8 Å². The first-order valence-corrected chi connectivity index (χ1v) is 5.79. The van der Waals surface area contributed by atoms with E-state index in [1.165, 1.54) is 7.11 Å². The minimum absolute atomic E-state index is 0.158. The maximum Gasteiger partial charge on any atom is 0.355 e. The van der Waals surface area contributed by atoms with Crippen LogP contribution in [0.2, 0.25) is 0 Å². The lowest BCUT2D eigenvalue weighted by atomic mass is 10.6. The number of alkyl halides is 2. The average molecular weight is 269 g/mol. The van der Waals surface area contributed by atoms with Crippen molar-refractivity contribution in [3.63, 3.8) is 0 Å². The molecule has 0 fully saturated rings. The number of esters is 1. The number of nitrogens with zero attached hydrogens (tertiary/aromatic N) is 2. The van der Waals surface area contributed by atoms with Crippen LogP contribution in [0.15, 0.2) is 12.4 Å². The summed E-state index contributed by atoms with van der Waals surface area (Å²) in [5.41, 5.74) is -0.158. The normalized spacial score (nSPS) is 11.5. The highest BCUT2D eigenvalue weighted by atomic mass is 32.2. The Balaban J connectivity index is 2.73. The van der Waals surface area contributed by atoms with Gasteiger partial charge in [0.2, 0.25) is 0 Å². The molecular formula is C7H9F2N3O4S. The molecule has 0 bridgehead atoms. The minimum atomic E-state index is -4.72. The van der Waals surface area contributed by atoms with Gasteiger partial charge in [-0.1, -0.05) is 0 Å². The molecule has 0 saturated heterocycles. The molecule has 1 rings (SSSR count). The first-order valence-electron chi connectivity index (χ1n) is 4.24. The highest BCUT2D eigenvalue weighted by Gasteiger charge is 2.24. The number of sulfonamides is 1. The molecule has 1 heterocycles. The van der Waals surface area contributed by atoms with Gasteiger partial charge in [0.05, 0.1) is 19.0 Å². The van der Waals surface area contributed by atoms with Crippen LogP contribution in [-0.4, -0.2) is 37.0 Å². The third kappa shape index (κ3) is 3.66. The third-order valence-electron chi connectivity index (χ3n) is 1.65. The molecule has 0 saturated carbocycles. The van der Waals surface area contributed by atoms with Crippen LogP contribution in [-0.2, 0) is 26.1 Å². The minimum Gasteiger partial charge on any atom is -0.468 e. The second-order valence-electron chi connectivity index (χ2n) is 2.91. The maximum absolute atomic E-state index is 12.0. The lowest BCUT2D eigenvalue weighted by molar-refractivity contribution is -0.141. The van der Waals surface area contributed by atoms with Crippen LogP contribution >= 0.6 is 0 Å². The van der Waals surface area contributed by atoms with Gasteiger partial charge in [0.1, 0.15) is 6.54 Å². The number of aromatic nitrogens is 2. The molecule has 10 heteroatoms. The topological polar surface area (TPSA) is 90.3 Å². The van der Waals surface area contributed by atoms with E-state index in [1.54, 1.807) is 4.72 Å². The molecule has 0 unspecified atom stereocenters. The molecule has 0 radical (unpaired) electrons. The van der Waals surface area contributed by atoms with Gasteiger partial charge in [-0.25, -0.2) is 8.42 Å². The van der Waals surface area contributed by atoms with Gasteiger partial charge in [0, 0.05) is 6.20 Å². The summed E-state index contributed by atoms with van der Waals surface area (Å²) in [5.74, 6) is -4.14. The van der Waals surface area contributed by atoms with Crippen LogP contribution in [0.1, 0.15) is 0 Å². The Labute approximate surface area is 95.4 Å². The quantitative estimate of drug-likeness (QED) is 0.761. The van der Waals surface area contributed by atoms with Crippen LogP contribution in [0.4, 0.5) is 14.5 Å². The molecular weight excluding hydrogens is 260 g/mol. The van der Waals surface area contributed by atoms with E-state index in [-0.39, 0.29) is 12.2 Å². The Morgan fingerprint density at radius 2 is 2.29 bits per heavy atom. The summed E-state index contributed by atoms with van der Waals surface area (Å²) < 4.78 is 52.6. The Morgan fingerprint density at radius 3 is 2.82 bits per heavy atom. The Morgan fingerprint density at radius 1 is 1.65 bits per heavy atom. The van der Waals surface area contributed by atoms with E-state index in [0.29, 0.717) is 0 Å². The predicted molar refractivity (Wildman–Crippen MR) is 52.8 cm³/mol. The number of nitrogens with one attached hydrogen (secondary N) is 1. The number of methoxy groups -OCH3 is 1. The lowest BCUT2D eigenvalue weighted by Gasteiger charge is -2.03. The van der Waals surface area contributed by atoms with Gasteiger partial charge >= 0.3 is 11.7 Å². The van der Waals surface area contributed by atoms with Gasteiger partial charge in [-0.15, -0.1) is 0 Å². The summed E-state index contributed by atoms with van der Waals surface area (Å²) in [6.45, 7) is -0.243. The molecule has 0 amide bonds. The van der Waals surface area contributed by atoms with Gasteiger partial charge in [-0.05, 0) is 0 Å². The molecule has 0 aromatic carbocycles. The number of hydrogen-bond acceptors (Lipinski definition) is 5. The van der Waals surface area contributed by atoms with Crippen LogP contribution in [0.3, 0.4) is 0 Å². The van der Waals surface area contributed by atoms with E-state index >= 15 is 0 Å². The molecule has 0 atom stereocenters. The first-order chi connectivity index (χ1) is 7.85. The van der Waals surface area contributed by atoms with Gasteiger partial charge < -0.3 is 4.74 Å². The Bertz CT molecular complexity index is 499. The Kier molecular flexibility index (Phi) is 3.99. The number of anilines is 1. The summed E-state index contributed by atoms with van der Waals surface area (Å²) in [5, 5.41) is 3.59. The monoisotopic (exact) mass is 269 g/mol. The summed E-state index contributed by atoms with van der Waals surface area (Å²) >= 11 is 0. The molecule has 0 aliphatic heterocycles. The number of hydrogen-bond donors (Lipinski definition) is 1. The van der Waals surface area contributed by atoms with Crippen LogP contribution in [0.5, 0.6) is 0 Å². The summed E-state index contributed by atoms with van der Waals surface area (Å²) in [4.78, 5) is 10.8. The fourth-order valence-corrected chi connectivity index (χ4v) is 1.43. The van der Waals surface area contributed by atoms with Crippen molar-refractivity contribution in [2.24, 2.45) is 0 Å². The third-order valence-corrected chi connectivity index (χ3v) is 2.64. The highest BCUT2D eigenvalue weighted by molar-refractivity contribution is 7.93. The van der Waals surface area contributed by atoms with Crippen LogP contribution < -0.4 is 4.72 Å². The fraction of sp³-hybridized carbons (Fsp3) is 0.429. The van der Waals surface area contributed by atoms with E-state index in [0.717, 1.165) is 17.1 Å². The number of halogens is 2.